The number of nitrogens with one attached hydrogen (secondary N) is 3. The Hall–Kier alpha value is -1.59. The molecule has 0 saturated carbocycles. The number of H-pyrrole nitrogens is 1. The second-order valence-corrected chi connectivity index (χ2v) is 5.51. The summed E-state index contributed by atoms with van der Waals surface area (Å²) >= 11 is 3.32. The van der Waals surface area contributed by atoms with Gasteiger partial charge >= 0.3 is 0 Å². The van der Waals surface area contributed by atoms with Crippen LogP contribution in [0.1, 0.15) is 21.6 Å². The van der Waals surface area contributed by atoms with Gasteiger partial charge in [0.15, 0.2) is 0 Å². The summed E-state index contributed by atoms with van der Waals surface area (Å²) in [6, 6.07) is 7.85. The highest BCUT2D eigenvalue weighted by atomic mass is 79.9. The second kappa shape index (κ2) is 5.19. The molecule has 0 bridgehead atoms. The molecular formula is C14H14BrN3O. The van der Waals surface area contributed by atoms with Gasteiger partial charge in [-0.05, 0) is 58.2 Å². The largest absolute Gasteiger partial charge is 0.356 e. The molecule has 2 heterocycles. The summed E-state index contributed by atoms with van der Waals surface area (Å²) in [5, 5.41) is 6.23. The number of hydrogen-bond donors (Lipinski definition) is 3. The highest BCUT2D eigenvalue weighted by molar-refractivity contribution is 9.10. The quantitative estimate of drug-likeness (QED) is 0.797. The lowest BCUT2D eigenvalue weighted by Gasteiger charge is -2.18. The smallest absolute Gasteiger partial charge is 0.272 e. The first kappa shape index (κ1) is 12.4. The van der Waals surface area contributed by atoms with E-state index in [9.17, 15) is 4.79 Å². The van der Waals surface area contributed by atoms with Gasteiger partial charge in [0.1, 0.15) is 5.69 Å². The summed E-state index contributed by atoms with van der Waals surface area (Å²) in [7, 11) is 0. The number of amides is 1. The standard InChI is InChI=1S/C14H14BrN3O/c15-11-6-13(17-8-11)14(19)18-12-2-1-9-3-4-16-7-10(9)5-12/h1-2,5-6,8,16-17H,3-4,7H2,(H,18,19). The monoisotopic (exact) mass is 319 g/mol. The van der Waals surface area contributed by atoms with Crippen molar-refractivity contribution in [3.05, 3.63) is 51.8 Å². The molecule has 1 aliphatic heterocycles. The lowest BCUT2D eigenvalue weighted by Crippen LogP contribution is -2.23. The number of carbonyl (C=O) groups excluding carboxylic acids is 1. The summed E-state index contributed by atoms with van der Waals surface area (Å²) in [5.41, 5.74) is 4.00. The van der Waals surface area contributed by atoms with E-state index in [1.54, 1.807) is 12.3 Å². The molecule has 0 spiro atoms. The summed E-state index contributed by atoms with van der Waals surface area (Å²) in [4.78, 5) is 14.9. The van der Waals surface area contributed by atoms with Crippen LogP contribution >= 0.6 is 15.9 Å². The van der Waals surface area contributed by atoms with Gasteiger partial charge in [-0.2, -0.15) is 0 Å². The molecule has 5 heteroatoms. The maximum atomic E-state index is 12.0. The van der Waals surface area contributed by atoms with Gasteiger partial charge < -0.3 is 15.6 Å². The van der Waals surface area contributed by atoms with Crippen molar-refractivity contribution in [2.75, 3.05) is 11.9 Å². The van der Waals surface area contributed by atoms with Gasteiger partial charge in [0.25, 0.3) is 5.91 Å². The molecule has 3 rings (SSSR count). The molecule has 98 valence electrons. The van der Waals surface area contributed by atoms with Crippen LogP contribution in [0.4, 0.5) is 5.69 Å². The van der Waals surface area contributed by atoms with E-state index >= 15 is 0 Å². The predicted octanol–water partition coefficient (Wildman–Crippen LogP) is 2.68. The van der Waals surface area contributed by atoms with E-state index in [0.29, 0.717) is 5.69 Å². The summed E-state index contributed by atoms with van der Waals surface area (Å²) in [6.45, 7) is 1.89. The molecule has 19 heavy (non-hydrogen) atoms. The molecule has 3 N–H and O–H groups in total. The third-order valence-corrected chi connectivity index (χ3v) is 3.70. The Morgan fingerprint density at radius 3 is 2.95 bits per heavy atom. The van der Waals surface area contributed by atoms with E-state index in [2.05, 4.69) is 37.6 Å². The summed E-state index contributed by atoms with van der Waals surface area (Å²) in [6.07, 6.45) is 2.79. The number of hydrogen-bond acceptors (Lipinski definition) is 2. The average Bonchev–Trinajstić information content (AvgIpc) is 2.85. The van der Waals surface area contributed by atoms with Crippen molar-refractivity contribution in [1.82, 2.24) is 10.3 Å². The number of anilines is 1. The molecule has 1 aromatic heterocycles. The van der Waals surface area contributed by atoms with E-state index in [1.165, 1.54) is 11.1 Å². The zero-order valence-corrected chi connectivity index (χ0v) is 11.9. The van der Waals surface area contributed by atoms with Crippen LogP contribution in [-0.4, -0.2) is 17.4 Å². The Morgan fingerprint density at radius 2 is 2.16 bits per heavy atom. The first-order valence-corrected chi connectivity index (χ1v) is 6.99. The fraction of sp³-hybridized carbons (Fsp3) is 0.214. The van der Waals surface area contributed by atoms with Gasteiger partial charge in [0.05, 0.1) is 0 Å². The Morgan fingerprint density at radius 1 is 1.26 bits per heavy atom. The molecule has 0 radical (unpaired) electrons. The van der Waals surface area contributed by atoms with Gasteiger partial charge in [-0.3, -0.25) is 4.79 Å². The molecule has 1 aromatic carbocycles. The third-order valence-electron chi connectivity index (χ3n) is 3.24. The number of benzene rings is 1. The lowest BCUT2D eigenvalue weighted by atomic mass is 10.0. The average molecular weight is 320 g/mol. The number of carbonyl (C=O) groups is 1. The van der Waals surface area contributed by atoms with Crippen LogP contribution in [0.25, 0.3) is 0 Å². The molecule has 0 saturated heterocycles. The highest BCUT2D eigenvalue weighted by Crippen LogP contribution is 2.20. The normalized spacial score (nSPS) is 13.9. The maximum absolute atomic E-state index is 12.0. The number of aromatic amines is 1. The minimum Gasteiger partial charge on any atom is -0.356 e. The number of fused-ring (bicyclic) bond motifs is 1. The fourth-order valence-corrected chi connectivity index (χ4v) is 2.60. The molecule has 1 aliphatic rings. The van der Waals surface area contributed by atoms with Crippen molar-refractivity contribution in [1.29, 1.82) is 0 Å². The van der Waals surface area contributed by atoms with Gasteiger partial charge in [0, 0.05) is 22.9 Å². The third kappa shape index (κ3) is 2.72. The van der Waals surface area contributed by atoms with Gasteiger partial charge in [-0.25, -0.2) is 0 Å². The van der Waals surface area contributed by atoms with E-state index < -0.39 is 0 Å². The van der Waals surface area contributed by atoms with Gasteiger partial charge in [-0.15, -0.1) is 0 Å². The number of aromatic nitrogens is 1. The van der Waals surface area contributed by atoms with Crippen molar-refractivity contribution in [2.24, 2.45) is 0 Å². The lowest BCUT2D eigenvalue weighted by molar-refractivity contribution is 0.102. The zero-order valence-electron chi connectivity index (χ0n) is 10.3. The van der Waals surface area contributed by atoms with Crippen LogP contribution in [0.3, 0.4) is 0 Å². The highest BCUT2D eigenvalue weighted by Gasteiger charge is 2.11. The molecule has 0 aliphatic carbocycles. The number of rotatable bonds is 2. The first-order chi connectivity index (χ1) is 9.22. The zero-order chi connectivity index (χ0) is 13.2. The van der Waals surface area contributed by atoms with Crippen molar-refractivity contribution >= 4 is 27.5 Å². The van der Waals surface area contributed by atoms with Gasteiger partial charge in [0.2, 0.25) is 0 Å². The van der Waals surface area contributed by atoms with Crippen molar-refractivity contribution in [3.8, 4) is 0 Å². The van der Waals surface area contributed by atoms with Crippen LogP contribution in [0.15, 0.2) is 34.9 Å². The summed E-state index contributed by atoms with van der Waals surface area (Å²) < 4.78 is 0.868. The van der Waals surface area contributed by atoms with Gasteiger partial charge in [-0.1, -0.05) is 6.07 Å². The molecule has 2 aromatic rings. The minimum absolute atomic E-state index is 0.130. The minimum atomic E-state index is -0.130. The van der Waals surface area contributed by atoms with Crippen molar-refractivity contribution in [2.45, 2.75) is 13.0 Å². The van der Waals surface area contributed by atoms with Crippen molar-refractivity contribution < 1.29 is 4.79 Å². The molecule has 1 amide bonds. The molecule has 0 atom stereocenters. The van der Waals surface area contributed by atoms with E-state index in [0.717, 1.165) is 29.7 Å². The predicted molar refractivity (Wildman–Crippen MR) is 78.3 cm³/mol. The van der Waals surface area contributed by atoms with Crippen LogP contribution < -0.4 is 10.6 Å². The van der Waals surface area contributed by atoms with E-state index in [1.807, 2.05) is 12.1 Å². The Bertz CT molecular complexity index is 621. The second-order valence-electron chi connectivity index (χ2n) is 4.60. The Kier molecular flexibility index (Phi) is 3.40. The molecular weight excluding hydrogens is 306 g/mol. The fourth-order valence-electron chi connectivity index (χ4n) is 2.26. The van der Waals surface area contributed by atoms with Crippen LogP contribution in [-0.2, 0) is 13.0 Å². The van der Waals surface area contributed by atoms with Crippen LogP contribution in [0.2, 0.25) is 0 Å². The molecule has 0 unspecified atom stereocenters. The Balaban J connectivity index is 1.78. The summed E-state index contributed by atoms with van der Waals surface area (Å²) in [5.74, 6) is -0.130. The van der Waals surface area contributed by atoms with Crippen molar-refractivity contribution in [3.63, 3.8) is 0 Å². The molecule has 0 fully saturated rings. The number of halogens is 1. The maximum Gasteiger partial charge on any atom is 0.272 e. The SMILES string of the molecule is O=C(Nc1ccc2c(c1)CNCC2)c1cc(Br)c[nH]1. The van der Waals surface area contributed by atoms with E-state index in [4.69, 9.17) is 0 Å². The van der Waals surface area contributed by atoms with Crippen LogP contribution in [0, 0.1) is 0 Å². The first-order valence-electron chi connectivity index (χ1n) is 6.20. The topological polar surface area (TPSA) is 56.9 Å². The van der Waals surface area contributed by atoms with Crippen LogP contribution in [0.5, 0.6) is 0 Å². The van der Waals surface area contributed by atoms with E-state index in [-0.39, 0.29) is 5.91 Å². The molecule has 4 nitrogen and oxygen atoms in total. The Labute approximate surface area is 119 Å².